The van der Waals surface area contributed by atoms with Gasteiger partial charge in [-0.3, -0.25) is 29.4 Å². The van der Waals surface area contributed by atoms with E-state index in [1.807, 2.05) is 0 Å². The number of aromatic nitrogens is 2. The molecule has 3 saturated carbocycles. The third kappa shape index (κ3) is 3.55. The Morgan fingerprint density at radius 1 is 1.05 bits per heavy atom. The maximum Gasteiger partial charge on any atom is 0.334 e. The second kappa shape index (κ2) is 8.44. The summed E-state index contributed by atoms with van der Waals surface area (Å²) >= 11 is 0. The lowest BCUT2D eigenvalue weighted by atomic mass is 9.57. The van der Waals surface area contributed by atoms with Crippen LogP contribution in [0.1, 0.15) is 75.8 Å². The first kappa shape index (κ1) is 24.2. The van der Waals surface area contributed by atoms with Crippen LogP contribution < -0.4 is 22.3 Å². The molecule has 0 bridgehead atoms. The van der Waals surface area contributed by atoms with Gasteiger partial charge in [0.15, 0.2) is 5.54 Å². The summed E-state index contributed by atoms with van der Waals surface area (Å²) in [6, 6.07) is -0.727. The Morgan fingerprint density at radius 3 is 2.27 bits per heavy atom. The quantitative estimate of drug-likeness (QED) is 0.255. The van der Waals surface area contributed by atoms with Gasteiger partial charge in [0.2, 0.25) is 5.88 Å². The van der Waals surface area contributed by atoms with Gasteiger partial charge in [0.1, 0.15) is 11.4 Å². The number of amidine groups is 1. The van der Waals surface area contributed by atoms with Crippen LogP contribution in [0, 0.1) is 16.7 Å². The van der Waals surface area contributed by atoms with Gasteiger partial charge in [-0.25, -0.2) is 9.59 Å². The Kier molecular flexibility index (Phi) is 5.52. The van der Waals surface area contributed by atoms with E-state index in [-0.39, 0.29) is 54.1 Å². The van der Waals surface area contributed by atoms with E-state index in [1.54, 1.807) is 4.90 Å². The van der Waals surface area contributed by atoms with Crippen LogP contribution >= 0.6 is 0 Å². The van der Waals surface area contributed by atoms with Gasteiger partial charge in [0, 0.05) is 18.6 Å². The zero-order valence-corrected chi connectivity index (χ0v) is 20.8. The fourth-order valence-corrected chi connectivity index (χ4v) is 7.49. The Balaban J connectivity index is 1.21. The number of amides is 3. The van der Waals surface area contributed by atoms with Crippen molar-refractivity contribution in [1.82, 2.24) is 19.4 Å². The molecule has 5 N–H and O–H groups in total. The first-order valence-corrected chi connectivity index (χ1v) is 13.3. The largest absolute Gasteiger partial charge is 0.494 e. The van der Waals surface area contributed by atoms with Gasteiger partial charge >= 0.3 is 11.7 Å². The van der Waals surface area contributed by atoms with Gasteiger partial charge < -0.3 is 20.5 Å². The molecule has 0 aromatic carbocycles. The Morgan fingerprint density at radius 2 is 1.70 bits per heavy atom. The summed E-state index contributed by atoms with van der Waals surface area (Å²) in [6.07, 6.45) is 8.40. The number of urea groups is 1. The molecule has 0 radical (unpaired) electrons. The van der Waals surface area contributed by atoms with E-state index in [9.17, 15) is 24.3 Å². The van der Waals surface area contributed by atoms with Gasteiger partial charge in [0.25, 0.3) is 11.5 Å². The first-order valence-electron chi connectivity index (χ1n) is 13.3. The number of rotatable bonds is 5. The van der Waals surface area contributed by atoms with Crippen molar-refractivity contribution in [2.45, 2.75) is 88.4 Å². The molecular formula is C25H34N6O6. The smallest absolute Gasteiger partial charge is 0.334 e. The summed E-state index contributed by atoms with van der Waals surface area (Å²) in [5.41, 5.74) is 3.26. The summed E-state index contributed by atoms with van der Waals surface area (Å²) in [5.74, 6) is -1.09. The molecule has 200 valence electrons. The lowest BCUT2D eigenvalue weighted by Gasteiger charge is -2.57. The van der Waals surface area contributed by atoms with Gasteiger partial charge in [-0.2, -0.15) is 0 Å². The fraction of sp³-hybridized carbons (Fsp3) is 0.720. The number of carbonyl (C=O) groups is 2. The van der Waals surface area contributed by atoms with E-state index in [0.717, 1.165) is 51.4 Å². The predicted molar refractivity (Wildman–Crippen MR) is 131 cm³/mol. The molecule has 1 aromatic heterocycles. The van der Waals surface area contributed by atoms with Crippen molar-refractivity contribution in [2.75, 3.05) is 13.2 Å². The molecule has 3 heterocycles. The highest BCUT2D eigenvalue weighted by Gasteiger charge is 2.63. The molecule has 5 aliphatic rings. The molecule has 2 saturated heterocycles. The van der Waals surface area contributed by atoms with E-state index < -0.39 is 28.5 Å². The molecule has 6 rings (SSSR count). The number of imide groups is 1. The van der Waals surface area contributed by atoms with Crippen molar-refractivity contribution < 1.29 is 19.4 Å². The van der Waals surface area contributed by atoms with Gasteiger partial charge in [-0.1, -0.05) is 12.8 Å². The number of nitrogens with zero attached hydrogens (tertiary/aromatic N) is 3. The van der Waals surface area contributed by atoms with Crippen LogP contribution in [0.3, 0.4) is 0 Å². The fourth-order valence-electron chi connectivity index (χ4n) is 7.49. The van der Waals surface area contributed by atoms with E-state index in [4.69, 9.17) is 15.9 Å². The lowest BCUT2D eigenvalue weighted by molar-refractivity contribution is -0.167. The van der Waals surface area contributed by atoms with E-state index in [2.05, 4.69) is 5.32 Å². The average molecular weight is 515 g/mol. The van der Waals surface area contributed by atoms with Gasteiger partial charge in [0.05, 0.1) is 13.2 Å². The molecule has 5 fully saturated rings. The van der Waals surface area contributed by atoms with Crippen LogP contribution in [0.5, 0.6) is 5.88 Å². The number of ether oxygens (including phenoxy) is 1. The molecule has 0 atom stereocenters. The molecule has 12 heteroatoms. The predicted octanol–water partition coefficient (Wildman–Crippen LogP) is 0.775. The highest BCUT2D eigenvalue weighted by atomic mass is 16.5. The molecule has 0 unspecified atom stereocenters. The summed E-state index contributed by atoms with van der Waals surface area (Å²) < 4.78 is 7.72. The Hall–Kier alpha value is -3.15. The standard InChI is InChI=1S/C25H34N6O6/c26-18(27)17-19(32)29(11-14-3-1-2-4-14)23(36)30(20(17)33)15-5-7-24(8-6-15)9-16(10-24)31-22(35)28-21(34)25(31)12-37-13-25/h14-16,32H,1-13H2,(H3,26,27)(H,28,34,35). The maximum atomic E-state index is 13.5. The van der Waals surface area contributed by atoms with E-state index in [1.165, 1.54) is 9.13 Å². The number of hydrogen-bond donors (Lipinski definition) is 4. The number of hydrogen-bond acceptors (Lipinski definition) is 7. The number of aromatic hydroxyl groups is 1. The number of carbonyl (C=O) groups excluding carboxylic acids is 2. The molecule has 2 spiro atoms. The van der Waals surface area contributed by atoms with Crippen LogP contribution in [-0.4, -0.2) is 61.7 Å². The summed E-state index contributed by atoms with van der Waals surface area (Å²) in [4.78, 5) is 53.3. The van der Waals surface area contributed by atoms with Crippen LogP contribution in [0.15, 0.2) is 9.59 Å². The van der Waals surface area contributed by atoms with Crippen molar-refractivity contribution in [2.24, 2.45) is 17.1 Å². The zero-order chi connectivity index (χ0) is 26.1. The minimum atomic E-state index is -0.868. The van der Waals surface area contributed by atoms with Gasteiger partial charge in [-0.15, -0.1) is 0 Å². The molecule has 2 aliphatic heterocycles. The minimum absolute atomic E-state index is 0.00563. The molecule has 3 aliphatic carbocycles. The van der Waals surface area contributed by atoms with Crippen LogP contribution in [0.2, 0.25) is 0 Å². The van der Waals surface area contributed by atoms with Crippen molar-refractivity contribution in [1.29, 1.82) is 5.41 Å². The topological polar surface area (TPSA) is 173 Å². The molecule has 3 amide bonds. The molecule has 1 aromatic rings. The number of nitrogen functional groups attached to an aromatic ring is 1. The average Bonchev–Trinajstić information content (AvgIpc) is 3.40. The Bertz CT molecular complexity index is 1270. The van der Waals surface area contributed by atoms with Crippen LogP contribution in [0.4, 0.5) is 4.79 Å². The normalized spacial score (nSPS) is 31.0. The number of nitrogens with one attached hydrogen (secondary N) is 2. The molecule has 37 heavy (non-hydrogen) atoms. The number of nitrogens with two attached hydrogens (primary N) is 1. The molecule has 12 nitrogen and oxygen atoms in total. The zero-order valence-electron chi connectivity index (χ0n) is 20.8. The van der Waals surface area contributed by atoms with Crippen molar-refractivity contribution >= 4 is 17.8 Å². The van der Waals surface area contributed by atoms with E-state index in [0.29, 0.717) is 19.4 Å². The van der Waals surface area contributed by atoms with E-state index >= 15 is 0 Å². The van der Waals surface area contributed by atoms with Crippen LogP contribution in [0.25, 0.3) is 0 Å². The summed E-state index contributed by atoms with van der Waals surface area (Å²) in [5, 5.41) is 21.1. The Labute approximate surface area is 213 Å². The monoisotopic (exact) mass is 514 g/mol. The first-order chi connectivity index (χ1) is 17.7. The highest BCUT2D eigenvalue weighted by Crippen LogP contribution is 2.56. The summed E-state index contributed by atoms with van der Waals surface area (Å²) in [7, 11) is 0. The van der Waals surface area contributed by atoms with Crippen molar-refractivity contribution in [3.63, 3.8) is 0 Å². The lowest BCUT2D eigenvalue weighted by Crippen LogP contribution is -2.68. The second-order valence-electron chi connectivity index (χ2n) is 11.8. The minimum Gasteiger partial charge on any atom is -0.494 e. The highest BCUT2D eigenvalue weighted by molar-refractivity contribution is 6.08. The van der Waals surface area contributed by atoms with Gasteiger partial charge in [-0.05, 0) is 62.7 Å². The van der Waals surface area contributed by atoms with Crippen molar-refractivity contribution in [3.8, 4) is 5.88 Å². The van der Waals surface area contributed by atoms with Crippen molar-refractivity contribution in [3.05, 3.63) is 26.4 Å². The third-order valence-corrected chi connectivity index (χ3v) is 9.62. The third-order valence-electron chi connectivity index (χ3n) is 9.62. The second-order valence-corrected chi connectivity index (χ2v) is 11.8. The maximum absolute atomic E-state index is 13.5. The summed E-state index contributed by atoms with van der Waals surface area (Å²) in [6.45, 7) is 0.767. The SMILES string of the molecule is N=C(N)c1c(O)n(CC2CCCC2)c(=O)n(C2CCC3(CC2)CC(N2C(=O)NC(=O)C24COC4)C3)c1=O. The van der Waals surface area contributed by atoms with Crippen LogP contribution in [-0.2, 0) is 16.1 Å². The molecular weight excluding hydrogens is 480 g/mol.